The molecule has 4 nitrogen and oxygen atoms in total. The lowest BCUT2D eigenvalue weighted by atomic mass is 9.92. The van der Waals surface area contributed by atoms with Crippen molar-refractivity contribution in [2.45, 2.75) is 32.6 Å². The third-order valence-corrected chi connectivity index (χ3v) is 4.42. The minimum Gasteiger partial charge on any atom is -0.398 e. The number of benzene rings is 1. The molecule has 0 atom stereocenters. The lowest BCUT2D eigenvalue weighted by Gasteiger charge is -2.18. The van der Waals surface area contributed by atoms with Crippen molar-refractivity contribution in [2.75, 3.05) is 5.73 Å². The van der Waals surface area contributed by atoms with Crippen LogP contribution in [0.5, 0.6) is 0 Å². The van der Waals surface area contributed by atoms with Gasteiger partial charge in [-0.2, -0.15) is 0 Å². The second-order valence-electron chi connectivity index (χ2n) is 5.91. The molecular weight excluding hydrogens is 272 g/mol. The molecule has 0 radical (unpaired) electrons. The maximum Gasteiger partial charge on any atom is 0.125 e. The molecule has 1 aromatic carbocycles. The summed E-state index contributed by atoms with van der Waals surface area (Å²) in [6.07, 6.45) is 8.21. The van der Waals surface area contributed by atoms with Gasteiger partial charge in [0.2, 0.25) is 0 Å². The first kappa shape index (κ1) is 13.2. The lowest BCUT2D eigenvalue weighted by molar-refractivity contribution is 0.673. The van der Waals surface area contributed by atoms with Crippen LogP contribution in [0.1, 0.15) is 29.9 Å². The third-order valence-electron chi connectivity index (χ3n) is 4.42. The summed E-state index contributed by atoms with van der Waals surface area (Å²) in [5.41, 5.74) is 12.8. The Morgan fingerprint density at radius 2 is 1.77 bits per heavy atom. The standard InChI is InChI=1S/C18H18N4/c1-11-20-9-13(10-21-11)12-6-7-15-17(8-12)22-16-5-3-2-4-14(16)18(15)19/h6-10H,2-5H2,1H3,(H2,19,22). The smallest absolute Gasteiger partial charge is 0.125 e. The predicted molar refractivity (Wildman–Crippen MR) is 88.6 cm³/mol. The molecule has 0 amide bonds. The van der Waals surface area contributed by atoms with E-state index in [2.05, 4.69) is 28.2 Å². The van der Waals surface area contributed by atoms with Crippen LogP contribution in [0, 0.1) is 6.92 Å². The molecule has 4 heteroatoms. The van der Waals surface area contributed by atoms with Crippen molar-refractivity contribution >= 4 is 16.6 Å². The molecule has 22 heavy (non-hydrogen) atoms. The van der Waals surface area contributed by atoms with Crippen LogP contribution in [0.25, 0.3) is 22.0 Å². The van der Waals surface area contributed by atoms with Gasteiger partial charge in [-0.15, -0.1) is 0 Å². The first-order valence-corrected chi connectivity index (χ1v) is 7.72. The molecule has 4 rings (SSSR count). The minimum atomic E-state index is 0.779. The van der Waals surface area contributed by atoms with E-state index in [1.807, 2.05) is 19.3 Å². The minimum absolute atomic E-state index is 0.779. The van der Waals surface area contributed by atoms with Crippen molar-refractivity contribution in [3.8, 4) is 11.1 Å². The number of pyridine rings is 1. The van der Waals surface area contributed by atoms with Crippen molar-refractivity contribution in [2.24, 2.45) is 0 Å². The number of fused-ring (bicyclic) bond motifs is 2. The van der Waals surface area contributed by atoms with Crippen molar-refractivity contribution in [3.05, 3.63) is 47.7 Å². The third kappa shape index (κ3) is 2.11. The Bertz CT molecular complexity index is 853. The Labute approximate surface area is 129 Å². The van der Waals surface area contributed by atoms with Crippen LogP contribution < -0.4 is 5.73 Å². The van der Waals surface area contributed by atoms with E-state index in [1.54, 1.807) is 0 Å². The zero-order chi connectivity index (χ0) is 15.1. The largest absolute Gasteiger partial charge is 0.398 e. The first-order valence-electron chi connectivity index (χ1n) is 7.72. The summed E-state index contributed by atoms with van der Waals surface area (Å²) in [7, 11) is 0. The van der Waals surface area contributed by atoms with Crippen LogP contribution in [0.2, 0.25) is 0 Å². The van der Waals surface area contributed by atoms with Gasteiger partial charge in [0.1, 0.15) is 5.82 Å². The molecule has 0 aliphatic heterocycles. The maximum atomic E-state index is 6.38. The average molecular weight is 290 g/mol. The van der Waals surface area contributed by atoms with Gasteiger partial charge in [-0.25, -0.2) is 9.97 Å². The SMILES string of the molecule is Cc1ncc(-c2ccc3c(N)c4c(nc3c2)CCCC4)cn1. The van der Waals surface area contributed by atoms with E-state index in [0.29, 0.717) is 0 Å². The van der Waals surface area contributed by atoms with Gasteiger partial charge in [0.15, 0.2) is 0 Å². The molecule has 0 spiro atoms. The zero-order valence-corrected chi connectivity index (χ0v) is 12.6. The van der Waals surface area contributed by atoms with Crippen LogP contribution >= 0.6 is 0 Å². The fourth-order valence-corrected chi connectivity index (χ4v) is 3.18. The molecule has 1 aliphatic carbocycles. The molecule has 0 saturated carbocycles. The summed E-state index contributed by atoms with van der Waals surface area (Å²) in [4.78, 5) is 13.4. The van der Waals surface area contributed by atoms with Crippen LogP contribution in [0.4, 0.5) is 5.69 Å². The Kier molecular flexibility index (Phi) is 3.03. The highest BCUT2D eigenvalue weighted by Crippen LogP contribution is 2.33. The lowest BCUT2D eigenvalue weighted by Crippen LogP contribution is -2.09. The van der Waals surface area contributed by atoms with E-state index in [4.69, 9.17) is 10.7 Å². The Balaban J connectivity index is 1.88. The summed E-state index contributed by atoms with van der Waals surface area (Å²) in [5.74, 6) is 0.779. The Hall–Kier alpha value is -2.49. The van der Waals surface area contributed by atoms with Crippen LogP contribution in [0.3, 0.4) is 0 Å². The monoisotopic (exact) mass is 290 g/mol. The van der Waals surface area contributed by atoms with Crippen LogP contribution in [-0.4, -0.2) is 15.0 Å². The molecule has 0 saturated heterocycles. The number of aryl methyl sites for hydroxylation is 2. The van der Waals surface area contributed by atoms with E-state index in [-0.39, 0.29) is 0 Å². The molecule has 0 unspecified atom stereocenters. The zero-order valence-electron chi connectivity index (χ0n) is 12.6. The molecule has 3 aromatic rings. The topological polar surface area (TPSA) is 64.7 Å². The van der Waals surface area contributed by atoms with E-state index in [0.717, 1.165) is 46.4 Å². The summed E-state index contributed by atoms with van der Waals surface area (Å²) < 4.78 is 0. The molecule has 2 N–H and O–H groups in total. The summed E-state index contributed by atoms with van der Waals surface area (Å²) in [6.45, 7) is 1.89. The number of hydrogen-bond donors (Lipinski definition) is 1. The van der Waals surface area contributed by atoms with Crippen molar-refractivity contribution in [1.29, 1.82) is 0 Å². The highest BCUT2D eigenvalue weighted by atomic mass is 14.8. The predicted octanol–water partition coefficient (Wildman–Crippen LogP) is 3.46. The summed E-state index contributed by atoms with van der Waals surface area (Å²) in [5, 5.41) is 1.05. The van der Waals surface area contributed by atoms with Crippen molar-refractivity contribution in [1.82, 2.24) is 15.0 Å². The molecule has 110 valence electrons. The number of aromatic nitrogens is 3. The fraction of sp³-hybridized carbons (Fsp3) is 0.278. The Morgan fingerprint density at radius 1 is 1.00 bits per heavy atom. The Morgan fingerprint density at radius 3 is 2.59 bits per heavy atom. The number of nitrogen functional groups attached to an aromatic ring is 1. The van der Waals surface area contributed by atoms with Gasteiger partial charge in [0.05, 0.1) is 5.52 Å². The fourth-order valence-electron chi connectivity index (χ4n) is 3.18. The van der Waals surface area contributed by atoms with E-state index >= 15 is 0 Å². The number of nitrogens with zero attached hydrogens (tertiary/aromatic N) is 3. The highest BCUT2D eigenvalue weighted by Gasteiger charge is 2.16. The first-order chi connectivity index (χ1) is 10.7. The van der Waals surface area contributed by atoms with E-state index < -0.39 is 0 Å². The number of anilines is 1. The van der Waals surface area contributed by atoms with Gasteiger partial charge in [-0.1, -0.05) is 12.1 Å². The second-order valence-corrected chi connectivity index (χ2v) is 5.91. The van der Waals surface area contributed by atoms with Crippen LogP contribution in [-0.2, 0) is 12.8 Å². The highest BCUT2D eigenvalue weighted by molar-refractivity contribution is 5.94. The van der Waals surface area contributed by atoms with Crippen molar-refractivity contribution < 1.29 is 0 Å². The summed E-state index contributed by atoms with van der Waals surface area (Å²) in [6, 6.07) is 6.24. The average Bonchev–Trinajstić information content (AvgIpc) is 2.55. The molecule has 2 aromatic heterocycles. The number of hydrogen-bond acceptors (Lipinski definition) is 4. The molecule has 0 bridgehead atoms. The van der Waals surface area contributed by atoms with Gasteiger partial charge in [-0.3, -0.25) is 4.98 Å². The van der Waals surface area contributed by atoms with Gasteiger partial charge >= 0.3 is 0 Å². The van der Waals surface area contributed by atoms with Gasteiger partial charge in [-0.05, 0) is 49.8 Å². The summed E-state index contributed by atoms with van der Waals surface area (Å²) >= 11 is 0. The van der Waals surface area contributed by atoms with Crippen molar-refractivity contribution in [3.63, 3.8) is 0 Å². The maximum absolute atomic E-state index is 6.38. The molecule has 1 aliphatic rings. The van der Waals surface area contributed by atoms with Crippen LogP contribution in [0.15, 0.2) is 30.6 Å². The number of rotatable bonds is 1. The molecule has 0 fully saturated rings. The molecular formula is C18H18N4. The normalized spacial score (nSPS) is 14.0. The van der Waals surface area contributed by atoms with E-state index in [1.165, 1.54) is 24.1 Å². The van der Waals surface area contributed by atoms with Gasteiger partial charge in [0.25, 0.3) is 0 Å². The second kappa shape index (κ2) is 5.05. The van der Waals surface area contributed by atoms with Gasteiger partial charge in [0, 0.05) is 34.7 Å². The quantitative estimate of drug-likeness (QED) is 0.745. The van der Waals surface area contributed by atoms with E-state index in [9.17, 15) is 0 Å². The van der Waals surface area contributed by atoms with Gasteiger partial charge < -0.3 is 5.73 Å². The molecule has 2 heterocycles. The number of nitrogens with two attached hydrogens (primary N) is 1.